The molecule has 2 heterocycles. The molecule has 0 bridgehead atoms. The number of hydrogen-bond acceptors (Lipinski definition) is 5. The van der Waals surface area contributed by atoms with Crippen molar-refractivity contribution in [2.75, 3.05) is 19.0 Å². The molecule has 3 aromatic rings. The third-order valence-corrected chi connectivity index (χ3v) is 6.05. The van der Waals surface area contributed by atoms with Crippen molar-refractivity contribution in [2.45, 2.75) is 39.2 Å². The van der Waals surface area contributed by atoms with Gasteiger partial charge in [0.25, 0.3) is 5.91 Å². The number of benzene rings is 2. The standard InChI is InChI=1S/C26H30N4O4/c1-6-13-34-20-14-18(11-12-19(20)33-5)22-21-16(3)29-30(4)24(21)28-26(32)23(22)27-25(31)17-9-7-15(2)8-10-17/h7-12,14,22-23H,6,13H2,1-5H3,(H,27,31)(H,28,32)/t22-,23-/m1/s1. The summed E-state index contributed by atoms with van der Waals surface area (Å²) in [6.45, 7) is 6.43. The summed E-state index contributed by atoms with van der Waals surface area (Å²) in [7, 11) is 3.38. The molecule has 8 nitrogen and oxygen atoms in total. The van der Waals surface area contributed by atoms with E-state index in [0.717, 1.165) is 28.8 Å². The highest BCUT2D eigenvalue weighted by molar-refractivity contribution is 6.03. The van der Waals surface area contributed by atoms with Crippen molar-refractivity contribution in [2.24, 2.45) is 7.05 Å². The van der Waals surface area contributed by atoms with Gasteiger partial charge >= 0.3 is 0 Å². The molecule has 0 radical (unpaired) electrons. The lowest BCUT2D eigenvalue weighted by molar-refractivity contribution is -0.118. The van der Waals surface area contributed by atoms with E-state index in [1.54, 1.807) is 31.0 Å². The lowest BCUT2D eigenvalue weighted by atomic mass is 9.81. The van der Waals surface area contributed by atoms with Crippen molar-refractivity contribution in [3.8, 4) is 11.5 Å². The quantitative estimate of drug-likeness (QED) is 0.558. The van der Waals surface area contributed by atoms with Gasteiger partial charge in [-0.15, -0.1) is 0 Å². The molecule has 1 aliphatic rings. The van der Waals surface area contributed by atoms with Crippen molar-refractivity contribution < 1.29 is 19.1 Å². The average Bonchev–Trinajstić information content (AvgIpc) is 3.10. The zero-order chi connectivity index (χ0) is 24.4. The number of anilines is 1. The number of carbonyl (C=O) groups excluding carboxylic acids is 2. The maximum Gasteiger partial charge on any atom is 0.251 e. The minimum atomic E-state index is -0.836. The first-order chi connectivity index (χ1) is 16.3. The van der Waals surface area contributed by atoms with Gasteiger partial charge in [0.2, 0.25) is 5.91 Å². The summed E-state index contributed by atoms with van der Waals surface area (Å²) < 4.78 is 13.1. The van der Waals surface area contributed by atoms with Crippen molar-refractivity contribution in [3.05, 3.63) is 70.4 Å². The molecular weight excluding hydrogens is 432 g/mol. The first-order valence-corrected chi connectivity index (χ1v) is 11.4. The number of nitrogens with zero attached hydrogens (tertiary/aromatic N) is 2. The molecule has 0 unspecified atom stereocenters. The second-order valence-corrected chi connectivity index (χ2v) is 8.51. The third kappa shape index (κ3) is 4.35. The van der Waals surface area contributed by atoms with Gasteiger partial charge in [-0.25, -0.2) is 0 Å². The number of methoxy groups -OCH3 is 1. The van der Waals surface area contributed by atoms with Crippen LogP contribution in [0.3, 0.4) is 0 Å². The predicted molar refractivity (Wildman–Crippen MR) is 130 cm³/mol. The summed E-state index contributed by atoms with van der Waals surface area (Å²) in [5, 5.41) is 10.4. The zero-order valence-electron chi connectivity index (χ0n) is 20.1. The fourth-order valence-electron chi connectivity index (χ4n) is 4.36. The van der Waals surface area contributed by atoms with Gasteiger partial charge in [0.05, 0.1) is 19.4 Å². The van der Waals surface area contributed by atoms with Gasteiger partial charge in [-0.05, 0) is 50.1 Å². The monoisotopic (exact) mass is 462 g/mol. The second kappa shape index (κ2) is 9.59. The number of nitrogens with one attached hydrogen (secondary N) is 2. The van der Waals surface area contributed by atoms with Gasteiger partial charge in [-0.3, -0.25) is 14.3 Å². The number of rotatable bonds is 7. The van der Waals surface area contributed by atoms with E-state index < -0.39 is 12.0 Å². The van der Waals surface area contributed by atoms with Gasteiger partial charge in [0.15, 0.2) is 11.5 Å². The Morgan fingerprint density at radius 2 is 1.88 bits per heavy atom. The molecule has 1 aliphatic heterocycles. The molecule has 0 saturated heterocycles. The SMILES string of the molecule is CCCOc1cc([C@@H]2c3c(C)nn(C)c3NC(=O)[C@@H]2NC(=O)c2ccc(C)cc2)ccc1OC. The van der Waals surface area contributed by atoms with E-state index in [-0.39, 0.29) is 11.8 Å². The Kier molecular flexibility index (Phi) is 6.58. The van der Waals surface area contributed by atoms with Crippen LogP contribution in [-0.2, 0) is 11.8 Å². The van der Waals surface area contributed by atoms with Gasteiger partial charge in [-0.1, -0.05) is 30.7 Å². The molecular formula is C26H30N4O4. The van der Waals surface area contributed by atoms with E-state index in [1.807, 2.05) is 51.1 Å². The van der Waals surface area contributed by atoms with Crippen LogP contribution >= 0.6 is 0 Å². The Bertz CT molecular complexity index is 1220. The van der Waals surface area contributed by atoms with E-state index in [4.69, 9.17) is 9.47 Å². The number of aromatic nitrogens is 2. The molecule has 178 valence electrons. The molecule has 34 heavy (non-hydrogen) atoms. The molecule has 2 N–H and O–H groups in total. The van der Waals surface area contributed by atoms with E-state index in [2.05, 4.69) is 15.7 Å². The lowest BCUT2D eigenvalue weighted by Crippen LogP contribution is -2.50. The summed E-state index contributed by atoms with van der Waals surface area (Å²) in [4.78, 5) is 26.4. The Labute approximate surface area is 199 Å². The van der Waals surface area contributed by atoms with Crippen LogP contribution in [0.4, 0.5) is 5.82 Å². The molecule has 8 heteroatoms. The molecule has 0 fully saturated rings. The van der Waals surface area contributed by atoms with Gasteiger partial charge in [-0.2, -0.15) is 5.10 Å². The highest BCUT2D eigenvalue weighted by atomic mass is 16.5. The molecule has 0 saturated carbocycles. The summed E-state index contributed by atoms with van der Waals surface area (Å²) in [6.07, 6.45) is 0.848. The largest absolute Gasteiger partial charge is 0.493 e. The number of ether oxygens (including phenoxy) is 2. The second-order valence-electron chi connectivity index (χ2n) is 8.51. The maximum absolute atomic E-state index is 13.3. The molecule has 2 amide bonds. The minimum Gasteiger partial charge on any atom is -0.493 e. The molecule has 0 spiro atoms. The Balaban J connectivity index is 1.79. The zero-order valence-corrected chi connectivity index (χ0v) is 20.1. The van der Waals surface area contributed by atoms with Gasteiger partial charge in [0, 0.05) is 24.1 Å². The molecule has 2 aromatic carbocycles. The lowest BCUT2D eigenvalue weighted by Gasteiger charge is -2.33. The van der Waals surface area contributed by atoms with Crippen molar-refractivity contribution >= 4 is 17.6 Å². The Morgan fingerprint density at radius 1 is 1.15 bits per heavy atom. The van der Waals surface area contributed by atoms with E-state index >= 15 is 0 Å². The number of carbonyl (C=O) groups is 2. The highest BCUT2D eigenvalue weighted by Crippen LogP contribution is 2.41. The first kappa shape index (κ1) is 23.4. The highest BCUT2D eigenvalue weighted by Gasteiger charge is 2.41. The van der Waals surface area contributed by atoms with E-state index in [1.165, 1.54) is 0 Å². The molecule has 2 atom stereocenters. The van der Waals surface area contributed by atoms with Crippen LogP contribution in [0, 0.1) is 13.8 Å². The fraction of sp³-hybridized carbons (Fsp3) is 0.346. The van der Waals surface area contributed by atoms with Gasteiger partial charge < -0.3 is 20.1 Å². The van der Waals surface area contributed by atoms with Crippen molar-refractivity contribution in [1.82, 2.24) is 15.1 Å². The topological polar surface area (TPSA) is 94.5 Å². The van der Waals surface area contributed by atoms with Crippen LogP contribution in [-0.4, -0.2) is 41.4 Å². The summed E-state index contributed by atoms with van der Waals surface area (Å²) in [6, 6.07) is 12.0. The smallest absolute Gasteiger partial charge is 0.251 e. The Hall–Kier alpha value is -3.81. The predicted octanol–water partition coefficient (Wildman–Crippen LogP) is 3.72. The van der Waals surface area contributed by atoms with Crippen LogP contribution in [0.15, 0.2) is 42.5 Å². The summed E-state index contributed by atoms with van der Waals surface area (Å²) in [5.41, 5.74) is 4.02. The van der Waals surface area contributed by atoms with Crippen molar-refractivity contribution in [3.63, 3.8) is 0 Å². The normalized spacial score (nSPS) is 17.0. The first-order valence-electron chi connectivity index (χ1n) is 11.4. The van der Waals surface area contributed by atoms with Crippen LogP contribution in [0.2, 0.25) is 0 Å². The molecule has 1 aromatic heterocycles. The number of hydrogen-bond donors (Lipinski definition) is 2. The molecule has 4 rings (SSSR count). The minimum absolute atomic E-state index is 0.298. The maximum atomic E-state index is 13.3. The van der Waals surface area contributed by atoms with E-state index in [0.29, 0.717) is 29.5 Å². The van der Waals surface area contributed by atoms with Crippen LogP contribution < -0.4 is 20.1 Å². The Morgan fingerprint density at radius 3 is 2.56 bits per heavy atom. The number of aryl methyl sites for hydroxylation is 3. The summed E-state index contributed by atoms with van der Waals surface area (Å²) in [5.74, 6) is 0.765. The van der Waals surface area contributed by atoms with Crippen LogP contribution in [0.5, 0.6) is 11.5 Å². The fourth-order valence-corrected chi connectivity index (χ4v) is 4.36. The number of fused-ring (bicyclic) bond motifs is 1. The van der Waals surface area contributed by atoms with Crippen LogP contribution in [0.25, 0.3) is 0 Å². The third-order valence-electron chi connectivity index (χ3n) is 6.05. The number of amides is 2. The summed E-state index contributed by atoms with van der Waals surface area (Å²) >= 11 is 0. The average molecular weight is 463 g/mol. The van der Waals surface area contributed by atoms with Gasteiger partial charge in [0.1, 0.15) is 11.9 Å². The van der Waals surface area contributed by atoms with Crippen molar-refractivity contribution in [1.29, 1.82) is 0 Å². The van der Waals surface area contributed by atoms with Crippen LogP contribution in [0.1, 0.15) is 52.0 Å². The van der Waals surface area contributed by atoms with E-state index in [9.17, 15) is 9.59 Å². The molecule has 0 aliphatic carbocycles.